The van der Waals surface area contributed by atoms with E-state index >= 15 is 0 Å². The monoisotopic (exact) mass is 483 g/mol. The molecule has 0 spiro atoms. The molecule has 0 aromatic heterocycles. The first-order valence-electron chi connectivity index (χ1n) is 12.1. The highest BCUT2D eigenvalue weighted by Gasteiger charge is 2.32. The minimum Gasteiger partial charge on any atom is -0.488 e. The third kappa shape index (κ3) is 6.96. The molecular weight excluding hydrogens is 450 g/mol. The molecule has 188 valence electrons. The highest BCUT2D eigenvalue weighted by molar-refractivity contribution is 5.95. The number of rotatable bonds is 11. The van der Waals surface area contributed by atoms with Crippen LogP contribution in [0.2, 0.25) is 0 Å². The topological polar surface area (TPSA) is 94.5 Å². The highest BCUT2D eigenvalue weighted by atomic mass is 16.5. The number of methoxy groups -OCH3 is 1. The van der Waals surface area contributed by atoms with E-state index in [0.29, 0.717) is 43.0 Å². The second kappa shape index (κ2) is 11.6. The molecule has 1 atom stereocenters. The van der Waals surface area contributed by atoms with Crippen LogP contribution < -0.4 is 14.4 Å². The molecular formula is C27H33NO7. The first-order chi connectivity index (χ1) is 16.9. The molecule has 0 bridgehead atoms. The van der Waals surface area contributed by atoms with E-state index < -0.39 is 5.97 Å². The number of aromatic carboxylic acids is 1. The molecule has 1 N–H and O–H groups in total. The Morgan fingerprint density at radius 2 is 1.71 bits per heavy atom. The summed E-state index contributed by atoms with van der Waals surface area (Å²) in [5.74, 6) is 0.928. The van der Waals surface area contributed by atoms with E-state index in [1.54, 1.807) is 25.3 Å². The second-order valence-electron chi connectivity index (χ2n) is 9.26. The van der Waals surface area contributed by atoms with Gasteiger partial charge in [-0.15, -0.1) is 0 Å². The van der Waals surface area contributed by atoms with Crippen LogP contribution in [0, 0.1) is 11.8 Å². The van der Waals surface area contributed by atoms with Crippen molar-refractivity contribution in [2.45, 2.75) is 38.7 Å². The van der Waals surface area contributed by atoms with Gasteiger partial charge in [0, 0.05) is 44.5 Å². The minimum atomic E-state index is -1.07. The van der Waals surface area contributed by atoms with Gasteiger partial charge in [0.15, 0.2) is 0 Å². The minimum absolute atomic E-state index is 0.00361. The van der Waals surface area contributed by atoms with E-state index in [1.165, 1.54) is 12.1 Å². The Morgan fingerprint density at radius 1 is 1.03 bits per heavy atom. The number of nitrogens with zero attached hydrogens (tertiary/aromatic N) is 1. The summed E-state index contributed by atoms with van der Waals surface area (Å²) < 4.78 is 22.3. The predicted octanol–water partition coefficient (Wildman–Crippen LogP) is 4.76. The van der Waals surface area contributed by atoms with Gasteiger partial charge >= 0.3 is 5.97 Å². The quantitative estimate of drug-likeness (QED) is 0.492. The average Bonchev–Trinajstić information content (AvgIpc) is 3.67. The third-order valence-corrected chi connectivity index (χ3v) is 6.22. The summed E-state index contributed by atoms with van der Waals surface area (Å²) in [7, 11) is 1.58. The summed E-state index contributed by atoms with van der Waals surface area (Å²) in [6.07, 6.45) is 3.59. The van der Waals surface area contributed by atoms with Crippen molar-refractivity contribution in [2.75, 3.05) is 38.4 Å². The van der Waals surface area contributed by atoms with Crippen LogP contribution in [-0.4, -0.2) is 56.6 Å². The summed E-state index contributed by atoms with van der Waals surface area (Å²) in [4.78, 5) is 26.8. The Labute approximate surface area is 205 Å². The van der Waals surface area contributed by atoms with Crippen LogP contribution in [0.4, 0.5) is 5.69 Å². The summed E-state index contributed by atoms with van der Waals surface area (Å²) in [6.45, 7) is 4.21. The van der Waals surface area contributed by atoms with Crippen LogP contribution in [0.25, 0.3) is 0 Å². The molecule has 2 aliphatic rings. The largest absolute Gasteiger partial charge is 0.488 e. The van der Waals surface area contributed by atoms with Crippen molar-refractivity contribution in [2.24, 2.45) is 11.8 Å². The summed E-state index contributed by atoms with van der Waals surface area (Å²) in [5.41, 5.74) is 0.911. The number of carboxylic acid groups (broad SMARTS) is 1. The van der Waals surface area contributed by atoms with Crippen LogP contribution >= 0.6 is 0 Å². The first kappa shape index (κ1) is 25.0. The smallest absolute Gasteiger partial charge is 0.335 e. The zero-order valence-corrected chi connectivity index (χ0v) is 20.3. The number of amides is 1. The standard InChI is InChI=1S/C27H33NO7/c1-18(17-32-2)34-24-13-21(27(30)31)14-25(15-24)35-23-7-5-22(6-8-23)28(16-19-3-4-19)26(29)20-9-11-33-12-10-20/h5-8,13-15,18-20H,3-4,9-12,16-17H2,1-2H3,(H,30,31)/t18-/m0/s1. The van der Waals surface area contributed by atoms with Gasteiger partial charge in [0.25, 0.3) is 0 Å². The van der Waals surface area contributed by atoms with Crippen molar-refractivity contribution in [1.29, 1.82) is 0 Å². The predicted molar refractivity (Wildman–Crippen MR) is 131 cm³/mol. The van der Waals surface area contributed by atoms with Crippen LogP contribution in [0.3, 0.4) is 0 Å². The Kier molecular flexibility index (Phi) is 8.25. The number of carboxylic acids is 1. The Morgan fingerprint density at radius 3 is 2.34 bits per heavy atom. The van der Waals surface area contributed by atoms with Crippen molar-refractivity contribution in [3.8, 4) is 17.2 Å². The molecule has 1 aliphatic heterocycles. The van der Waals surface area contributed by atoms with Gasteiger partial charge < -0.3 is 29.0 Å². The van der Waals surface area contributed by atoms with Gasteiger partial charge in [0.2, 0.25) is 5.91 Å². The molecule has 2 fully saturated rings. The van der Waals surface area contributed by atoms with Gasteiger partial charge in [-0.25, -0.2) is 4.79 Å². The Bertz CT molecular complexity index is 1010. The molecule has 2 aromatic carbocycles. The van der Waals surface area contributed by atoms with Crippen LogP contribution in [-0.2, 0) is 14.3 Å². The van der Waals surface area contributed by atoms with Crippen LogP contribution in [0.15, 0.2) is 42.5 Å². The lowest BCUT2D eigenvalue weighted by molar-refractivity contribution is -0.125. The molecule has 1 heterocycles. The maximum Gasteiger partial charge on any atom is 0.335 e. The normalized spacial score (nSPS) is 17.0. The molecule has 1 saturated carbocycles. The molecule has 4 rings (SSSR count). The lowest BCUT2D eigenvalue weighted by Gasteiger charge is -2.29. The van der Waals surface area contributed by atoms with Gasteiger partial charge in [0.05, 0.1) is 12.2 Å². The van der Waals surface area contributed by atoms with E-state index in [-0.39, 0.29) is 23.5 Å². The van der Waals surface area contributed by atoms with Gasteiger partial charge in [0.1, 0.15) is 23.4 Å². The van der Waals surface area contributed by atoms with E-state index in [2.05, 4.69) is 0 Å². The van der Waals surface area contributed by atoms with Crippen LogP contribution in [0.5, 0.6) is 17.2 Å². The number of carbonyl (C=O) groups is 2. The molecule has 2 aromatic rings. The van der Waals surface area contributed by atoms with Crippen LogP contribution in [0.1, 0.15) is 43.0 Å². The van der Waals surface area contributed by atoms with E-state index in [4.69, 9.17) is 18.9 Å². The zero-order valence-electron chi connectivity index (χ0n) is 20.3. The molecule has 35 heavy (non-hydrogen) atoms. The fourth-order valence-electron chi connectivity index (χ4n) is 4.20. The van der Waals surface area contributed by atoms with E-state index in [0.717, 1.165) is 37.9 Å². The molecule has 1 saturated heterocycles. The SMILES string of the molecule is COC[C@H](C)Oc1cc(Oc2ccc(N(CC3CC3)C(=O)C3CCOCC3)cc2)cc(C(=O)O)c1. The summed E-state index contributed by atoms with van der Waals surface area (Å²) >= 11 is 0. The lowest BCUT2D eigenvalue weighted by Crippen LogP contribution is -2.39. The van der Waals surface area contributed by atoms with Gasteiger partial charge in [-0.1, -0.05) is 0 Å². The molecule has 0 radical (unpaired) electrons. The highest BCUT2D eigenvalue weighted by Crippen LogP contribution is 2.34. The fraction of sp³-hybridized carbons (Fsp3) is 0.481. The van der Waals surface area contributed by atoms with Crippen molar-refractivity contribution in [1.82, 2.24) is 0 Å². The fourth-order valence-corrected chi connectivity index (χ4v) is 4.20. The van der Waals surface area contributed by atoms with E-state index in [9.17, 15) is 14.7 Å². The number of ether oxygens (including phenoxy) is 4. The molecule has 1 aliphatic carbocycles. The van der Waals surface area contributed by atoms with Gasteiger partial charge in [-0.3, -0.25) is 4.79 Å². The van der Waals surface area contributed by atoms with E-state index in [1.807, 2.05) is 24.0 Å². The average molecular weight is 484 g/mol. The molecule has 8 heteroatoms. The molecule has 0 unspecified atom stereocenters. The zero-order chi connectivity index (χ0) is 24.8. The number of carbonyl (C=O) groups excluding carboxylic acids is 1. The third-order valence-electron chi connectivity index (χ3n) is 6.22. The number of hydrogen-bond acceptors (Lipinski definition) is 6. The Balaban J connectivity index is 1.49. The van der Waals surface area contributed by atoms with Crippen molar-refractivity contribution in [3.63, 3.8) is 0 Å². The maximum absolute atomic E-state index is 13.3. The second-order valence-corrected chi connectivity index (χ2v) is 9.26. The first-order valence-corrected chi connectivity index (χ1v) is 12.1. The van der Waals surface area contributed by atoms with Crippen molar-refractivity contribution < 1.29 is 33.6 Å². The summed E-state index contributed by atoms with van der Waals surface area (Å²) in [5, 5.41) is 9.49. The number of hydrogen-bond donors (Lipinski definition) is 1. The maximum atomic E-state index is 13.3. The molecule has 8 nitrogen and oxygen atoms in total. The number of benzene rings is 2. The van der Waals surface area contributed by atoms with Crippen molar-refractivity contribution >= 4 is 17.6 Å². The summed E-state index contributed by atoms with van der Waals surface area (Å²) in [6, 6.07) is 11.9. The number of anilines is 1. The van der Waals surface area contributed by atoms with Gasteiger partial charge in [-0.05, 0) is 74.9 Å². The van der Waals surface area contributed by atoms with Crippen molar-refractivity contribution in [3.05, 3.63) is 48.0 Å². The van der Waals surface area contributed by atoms with Gasteiger partial charge in [-0.2, -0.15) is 0 Å². The molecule has 1 amide bonds. The Hall–Kier alpha value is -3.10. The lowest BCUT2D eigenvalue weighted by atomic mass is 9.98.